The number of hydrogen-bond acceptors (Lipinski definition) is 3. The molecule has 2 N–H and O–H groups in total. The SMILES string of the molecule is CC(C)(C)N(CCN)C(C)(C)C.CC1=CC=CC2(C)OC12.[Cu+]. The van der Waals surface area contributed by atoms with Crippen molar-refractivity contribution >= 4 is 0 Å². The number of ether oxygens (including phenoxy) is 1. The summed E-state index contributed by atoms with van der Waals surface area (Å²) in [6, 6.07) is 0. The van der Waals surface area contributed by atoms with Gasteiger partial charge in [-0.25, -0.2) is 0 Å². The Balaban J connectivity index is 0.000000393. The Bertz CT molecular complexity index is 404. The Labute approximate surface area is 147 Å². The average molecular weight is 358 g/mol. The second kappa shape index (κ2) is 7.63. The molecule has 0 saturated carbocycles. The summed E-state index contributed by atoms with van der Waals surface area (Å²) < 4.78 is 5.42. The summed E-state index contributed by atoms with van der Waals surface area (Å²) in [4.78, 5) is 2.43. The van der Waals surface area contributed by atoms with Crippen molar-refractivity contribution in [3.05, 3.63) is 23.8 Å². The van der Waals surface area contributed by atoms with Crippen LogP contribution in [0.5, 0.6) is 0 Å². The van der Waals surface area contributed by atoms with Crippen LogP contribution in [0.4, 0.5) is 0 Å². The molecule has 1 aliphatic heterocycles. The molecule has 1 aliphatic carbocycles. The molecule has 3 nitrogen and oxygen atoms in total. The molecule has 0 aromatic carbocycles. The van der Waals surface area contributed by atoms with Crippen molar-refractivity contribution in [1.82, 2.24) is 4.90 Å². The van der Waals surface area contributed by atoms with Crippen LogP contribution in [0.2, 0.25) is 0 Å². The number of nitrogens with zero attached hydrogens (tertiary/aromatic N) is 1. The van der Waals surface area contributed by atoms with E-state index in [1.165, 1.54) is 5.57 Å². The first-order valence-electron chi connectivity index (χ1n) is 7.93. The van der Waals surface area contributed by atoms with Gasteiger partial charge in [-0.2, -0.15) is 0 Å². The molecule has 1 heterocycles. The van der Waals surface area contributed by atoms with E-state index in [2.05, 4.69) is 78.5 Å². The van der Waals surface area contributed by atoms with Gasteiger partial charge in [0, 0.05) is 24.2 Å². The first-order valence-corrected chi connectivity index (χ1v) is 7.93. The Morgan fingerprint density at radius 2 is 1.68 bits per heavy atom. The third-order valence-corrected chi connectivity index (χ3v) is 4.01. The minimum atomic E-state index is 0. The van der Waals surface area contributed by atoms with Gasteiger partial charge in [0.25, 0.3) is 0 Å². The van der Waals surface area contributed by atoms with Crippen LogP contribution in [0.25, 0.3) is 0 Å². The van der Waals surface area contributed by atoms with Crippen LogP contribution < -0.4 is 5.73 Å². The van der Waals surface area contributed by atoms with E-state index in [9.17, 15) is 0 Å². The summed E-state index contributed by atoms with van der Waals surface area (Å²) in [5.74, 6) is 0. The molecule has 2 unspecified atom stereocenters. The van der Waals surface area contributed by atoms with Gasteiger partial charge in [0.05, 0.1) is 0 Å². The molecule has 1 saturated heterocycles. The zero-order chi connectivity index (χ0) is 16.5. The van der Waals surface area contributed by atoms with Crippen LogP contribution in [0.15, 0.2) is 23.8 Å². The summed E-state index contributed by atoms with van der Waals surface area (Å²) in [7, 11) is 0. The van der Waals surface area contributed by atoms with Gasteiger partial charge in [-0.15, -0.1) is 0 Å². The van der Waals surface area contributed by atoms with Gasteiger partial charge in [0.2, 0.25) is 0 Å². The maximum Gasteiger partial charge on any atom is 1.00 e. The van der Waals surface area contributed by atoms with E-state index in [-0.39, 0.29) is 33.7 Å². The van der Waals surface area contributed by atoms with E-state index >= 15 is 0 Å². The smallest absolute Gasteiger partial charge is 0.357 e. The number of rotatable bonds is 2. The van der Waals surface area contributed by atoms with Crippen molar-refractivity contribution in [2.45, 2.75) is 78.2 Å². The molecule has 2 rings (SSSR count). The van der Waals surface area contributed by atoms with Crippen LogP contribution >= 0.6 is 0 Å². The quantitative estimate of drug-likeness (QED) is 0.607. The van der Waals surface area contributed by atoms with Crippen molar-refractivity contribution in [3.63, 3.8) is 0 Å². The Hall–Kier alpha value is -0.121. The summed E-state index contributed by atoms with van der Waals surface area (Å²) in [6.07, 6.45) is 6.69. The second-order valence-corrected chi connectivity index (χ2v) is 8.23. The van der Waals surface area contributed by atoms with E-state index in [4.69, 9.17) is 10.5 Å². The molecule has 132 valence electrons. The van der Waals surface area contributed by atoms with Gasteiger partial charge in [-0.3, -0.25) is 4.90 Å². The van der Waals surface area contributed by atoms with Gasteiger partial charge >= 0.3 is 17.1 Å². The molecule has 0 spiro atoms. The number of epoxide rings is 1. The summed E-state index contributed by atoms with van der Waals surface area (Å²) in [5.41, 5.74) is 7.41. The van der Waals surface area contributed by atoms with Crippen molar-refractivity contribution in [1.29, 1.82) is 0 Å². The molecule has 0 amide bonds. The zero-order valence-electron chi connectivity index (χ0n) is 15.5. The molecular weight excluding hydrogens is 324 g/mol. The molecule has 2 aliphatic rings. The van der Waals surface area contributed by atoms with E-state index in [1.807, 2.05) is 0 Å². The molecule has 2 atom stereocenters. The Morgan fingerprint density at radius 3 is 1.95 bits per heavy atom. The molecule has 4 heteroatoms. The Kier molecular flexibility index (Phi) is 7.59. The van der Waals surface area contributed by atoms with E-state index in [1.54, 1.807) is 0 Å². The second-order valence-electron chi connectivity index (χ2n) is 8.23. The van der Waals surface area contributed by atoms with E-state index in [0.717, 1.165) is 13.1 Å². The summed E-state index contributed by atoms with van der Waals surface area (Å²) in [6.45, 7) is 19.3. The number of hydrogen-bond donors (Lipinski definition) is 1. The predicted octanol–water partition coefficient (Wildman–Crippen LogP) is 3.50. The van der Waals surface area contributed by atoms with Crippen LogP contribution in [0.1, 0.15) is 55.4 Å². The molecule has 0 radical (unpaired) electrons. The maximum atomic E-state index is 5.58. The zero-order valence-corrected chi connectivity index (χ0v) is 16.4. The van der Waals surface area contributed by atoms with Crippen LogP contribution in [-0.4, -0.2) is 40.8 Å². The minimum Gasteiger partial charge on any atom is -0.357 e. The van der Waals surface area contributed by atoms with Crippen LogP contribution in [0, 0.1) is 0 Å². The number of allylic oxidation sites excluding steroid dienone is 2. The molecule has 1 fully saturated rings. The summed E-state index contributed by atoms with van der Waals surface area (Å²) >= 11 is 0. The number of fused-ring (bicyclic) bond motifs is 1. The molecular formula is C18H34CuN2O+. The maximum absolute atomic E-state index is 5.58. The number of nitrogens with two attached hydrogens (primary N) is 1. The normalized spacial score (nSPS) is 26.5. The first-order chi connectivity index (χ1) is 9.42. The average Bonchev–Trinajstić information content (AvgIpc) is 2.97. The molecule has 0 aromatic heterocycles. The van der Waals surface area contributed by atoms with Crippen LogP contribution in [0.3, 0.4) is 0 Å². The van der Waals surface area contributed by atoms with Gasteiger partial charge < -0.3 is 10.5 Å². The van der Waals surface area contributed by atoms with Gasteiger partial charge in [-0.05, 0) is 61.0 Å². The van der Waals surface area contributed by atoms with Crippen molar-refractivity contribution in [3.8, 4) is 0 Å². The van der Waals surface area contributed by atoms with Crippen molar-refractivity contribution < 1.29 is 21.8 Å². The van der Waals surface area contributed by atoms with E-state index < -0.39 is 0 Å². The minimum absolute atomic E-state index is 0. The van der Waals surface area contributed by atoms with Gasteiger partial charge in [0.1, 0.15) is 11.7 Å². The Morgan fingerprint density at radius 1 is 1.18 bits per heavy atom. The molecule has 0 aromatic rings. The third-order valence-electron chi connectivity index (χ3n) is 4.01. The van der Waals surface area contributed by atoms with Gasteiger partial charge in [-0.1, -0.05) is 18.2 Å². The van der Waals surface area contributed by atoms with E-state index in [0.29, 0.717) is 6.10 Å². The fourth-order valence-corrected chi connectivity index (χ4v) is 3.18. The standard InChI is InChI=1S/C10H24N2.C8H10O.Cu/c1-9(2,3)12(8-7-11)10(4,5)6;1-6-4-3-5-8(2)7(6)9-8;/h7-8,11H2,1-6H3;3-5,7H,1-2H3;/q;;+1. The van der Waals surface area contributed by atoms with Gasteiger partial charge in [0.15, 0.2) is 0 Å². The monoisotopic (exact) mass is 357 g/mol. The van der Waals surface area contributed by atoms with Crippen LogP contribution in [-0.2, 0) is 21.8 Å². The summed E-state index contributed by atoms with van der Waals surface area (Å²) in [5, 5.41) is 0. The third kappa shape index (κ3) is 5.82. The molecule has 22 heavy (non-hydrogen) atoms. The fraction of sp³-hybridized carbons (Fsp3) is 0.778. The van der Waals surface area contributed by atoms with Crippen molar-refractivity contribution in [2.24, 2.45) is 5.73 Å². The topological polar surface area (TPSA) is 41.8 Å². The predicted molar refractivity (Wildman–Crippen MR) is 91.4 cm³/mol. The van der Waals surface area contributed by atoms with Crippen molar-refractivity contribution in [2.75, 3.05) is 13.1 Å². The largest absolute Gasteiger partial charge is 1.00 e. The molecule has 0 bridgehead atoms. The fourth-order valence-electron chi connectivity index (χ4n) is 3.18. The first kappa shape index (κ1) is 21.9.